The van der Waals surface area contributed by atoms with Crippen LogP contribution in [-0.2, 0) is 44.6 Å². The van der Waals surface area contributed by atoms with Gasteiger partial charge in [0.05, 0.1) is 73.0 Å². The molecule has 0 fully saturated rings. The minimum Gasteiger partial charge on any atom is -0.491 e. The summed E-state index contributed by atoms with van der Waals surface area (Å²) in [4.78, 5) is 0. The predicted molar refractivity (Wildman–Crippen MR) is 205 cm³/mol. The molecule has 0 aliphatic heterocycles. The van der Waals surface area contributed by atoms with Crippen LogP contribution in [0.25, 0.3) is 0 Å². The molecule has 5 rings (SSSR count). The van der Waals surface area contributed by atoms with E-state index in [1.807, 2.05) is 0 Å². The first-order valence-corrected chi connectivity index (χ1v) is 18.1. The monoisotopic (exact) mass is 756 g/mol. The highest BCUT2D eigenvalue weighted by Gasteiger charge is 2.25. The number of ether oxygens (including phenoxy) is 8. The Kier molecular flexibility index (Phi) is 15.0. The molecule has 0 radical (unpaired) electrons. The Morgan fingerprint density at radius 1 is 0.339 bits per heavy atom. The molecule has 0 unspecified atom stereocenters. The minimum atomic E-state index is 0.228. The average Bonchev–Trinajstić information content (AvgIpc) is 3.20. The topological polar surface area (TPSA) is 169 Å². The fourth-order valence-electron chi connectivity index (χ4n) is 6.80. The van der Waals surface area contributed by atoms with Crippen LogP contribution in [0.1, 0.15) is 66.8 Å². The second-order valence-corrected chi connectivity index (χ2v) is 13.0. The predicted octanol–water partition coefficient (Wildman–Crippen LogP) is 5.95. The number of nitrogens with zero attached hydrogens (tertiary/aromatic N) is 4. The third-order valence-electron chi connectivity index (χ3n) is 9.15. The van der Waals surface area contributed by atoms with E-state index in [1.165, 1.54) is 0 Å². The van der Waals surface area contributed by atoms with Gasteiger partial charge >= 0.3 is 0 Å². The summed E-state index contributed by atoms with van der Waals surface area (Å²) in [5.74, 6) is 2.18. The molecule has 12 nitrogen and oxygen atoms in total. The van der Waals surface area contributed by atoms with E-state index in [4.69, 9.17) is 37.9 Å². The van der Waals surface area contributed by atoms with Gasteiger partial charge in [0.1, 0.15) is 49.4 Å². The van der Waals surface area contributed by atoms with Gasteiger partial charge in [0.15, 0.2) is 0 Å². The zero-order chi connectivity index (χ0) is 39.9. The van der Waals surface area contributed by atoms with Crippen LogP contribution in [-0.4, -0.2) is 81.3 Å². The molecule has 0 saturated heterocycles. The van der Waals surface area contributed by atoms with Crippen LogP contribution in [0, 0.1) is 45.3 Å². The van der Waals surface area contributed by atoms with E-state index in [-0.39, 0.29) is 52.1 Å². The second kappa shape index (κ2) is 20.5. The molecule has 1 aliphatic carbocycles. The van der Waals surface area contributed by atoms with E-state index in [0.29, 0.717) is 116 Å². The van der Waals surface area contributed by atoms with Crippen molar-refractivity contribution in [3.8, 4) is 47.3 Å². The Hall–Kier alpha value is -6.12. The van der Waals surface area contributed by atoms with Crippen molar-refractivity contribution in [3.63, 3.8) is 0 Å². The van der Waals surface area contributed by atoms with Crippen molar-refractivity contribution < 1.29 is 37.9 Å². The first-order valence-electron chi connectivity index (χ1n) is 18.1. The second-order valence-electron chi connectivity index (χ2n) is 13.0. The standard InChI is InChI=1S/C44H44N4O8/c1-49-5-9-53-41-33-13-29(25-45)14-34(41)22-36-16-31(27-47)18-38(43(36)55-11-7-51-3)24-40-20-32(28-48)19-39(44(40)56-12-8-52-4)23-37-17-30(26-46)15-35(21-33)42(37)54-10-6-50-2/h13-20H,5-12,21-24H2,1-4H3. The quantitative estimate of drug-likeness (QED) is 0.109. The Morgan fingerprint density at radius 2 is 0.518 bits per heavy atom. The van der Waals surface area contributed by atoms with Crippen LogP contribution >= 0.6 is 0 Å². The third kappa shape index (κ3) is 10.1. The summed E-state index contributed by atoms with van der Waals surface area (Å²) >= 11 is 0. The summed E-state index contributed by atoms with van der Waals surface area (Å²) in [6.07, 6.45) is 0.933. The lowest BCUT2D eigenvalue weighted by molar-refractivity contribution is 0.144. The number of rotatable bonds is 16. The lowest BCUT2D eigenvalue weighted by Crippen LogP contribution is -2.14. The maximum absolute atomic E-state index is 10.3. The zero-order valence-electron chi connectivity index (χ0n) is 32.2. The molecule has 0 amide bonds. The highest BCUT2D eigenvalue weighted by molar-refractivity contribution is 5.61. The molecule has 0 aromatic heterocycles. The number of methoxy groups -OCH3 is 4. The fraction of sp³-hybridized carbons (Fsp3) is 0.364. The zero-order valence-corrected chi connectivity index (χ0v) is 32.2. The van der Waals surface area contributed by atoms with Crippen molar-refractivity contribution in [3.05, 3.63) is 115 Å². The van der Waals surface area contributed by atoms with E-state index in [2.05, 4.69) is 24.3 Å². The summed E-state index contributed by atoms with van der Waals surface area (Å²) < 4.78 is 47.2. The first-order chi connectivity index (χ1) is 27.4. The van der Waals surface area contributed by atoms with Crippen LogP contribution in [0.2, 0.25) is 0 Å². The van der Waals surface area contributed by atoms with Crippen molar-refractivity contribution in [1.29, 1.82) is 21.0 Å². The van der Waals surface area contributed by atoms with Gasteiger partial charge in [0.2, 0.25) is 0 Å². The van der Waals surface area contributed by atoms with Gasteiger partial charge in [0, 0.05) is 98.6 Å². The van der Waals surface area contributed by atoms with E-state index < -0.39 is 0 Å². The third-order valence-corrected chi connectivity index (χ3v) is 9.15. The van der Waals surface area contributed by atoms with Crippen LogP contribution < -0.4 is 18.9 Å². The van der Waals surface area contributed by atoms with Gasteiger partial charge in [-0.15, -0.1) is 0 Å². The summed E-state index contributed by atoms with van der Waals surface area (Å²) in [6, 6.07) is 23.5. The Labute approximate surface area is 327 Å². The molecule has 0 saturated carbocycles. The van der Waals surface area contributed by atoms with Crippen LogP contribution in [0.3, 0.4) is 0 Å². The molecule has 4 aromatic rings. The molecular formula is C44H44N4O8. The molecule has 0 heterocycles. The average molecular weight is 757 g/mol. The highest BCUT2D eigenvalue weighted by Crippen LogP contribution is 2.40. The molecule has 0 atom stereocenters. The van der Waals surface area contributed by atoms with Gasteiger partial charge in [-0.1, -0.05) is 0 Å². The Bertz CT molecular complexity index is 1790. The lowest BCUT2D eigenvalue weighted by atomic mass is 9.88. The number of nitriles is 4. The van der Waals surface area contributed by atoms with E-state index in [0.717, 1.165) is 0 Å². The largest absolute Gasteiger partial charge is 0.491 e. The van der Waals surface area contributed by atoms with Gasteiger partial charge in [0.25, 0.3) is 0 Å². The van der Waals surface area contributed by atoms with Crippen molar-refractivity contribution in [2.45, 2.75) is 25.7 Å². The van der Waals surface area contributed by atoms with Gasteiger partial charge in [-0.2, -0.15) is 21.0 Å². The number of hydrogen-bond donors (Lipinski definition) is 0. The van der Waals surface area contributed by atoms with E-state index >= 15 is 0 Å². The molecule has 12 heteroatoms. The van der Waals surface area contributed by atoms with E-state index in [9.17, 15) is 21.0 Å². The van der Waals surface area contributed by atoms with Gasteiger partial charge in [-0.05, 0) is 48.5 Å². The fourth-order valence-corrected chi connectivity index (χ4v) is 6.80. The Morgan fingerprint density at radius 3 is 0.661 bits per heavy atom. The molecule has 0 spiro atoms. The molecule has 8 bridgehead atoms. The van der Waals surface area contributed by atoms with Crippen molar-refractivity contribution in [2.75, 3.05) is 81.3 Å². The van der Waals surface area contributed by atoms with Crippen LogP contribution in [0.15, 0.2) is 48.5 Å². The van der Waals surface area contributed by atoms with Crippen molar-refractivity contribution in [1.82, 2.24) is 0 Å². The van der Waals surface area contributed by atoms with E-state index in [1.54, 1.807) is 77.0 Å². The van der Waals surface area contributed by atoms with Crippen molar-refractivity contribution >= 4 is 0 Å². The lowest BCUT2D eigenvalue weighted by Gasteiger charge is -2.23. The van der Waals surface area contributed by atoms with Gasteiger partial charge in [-0.3, -0.25) is 0 Å². The summed E-state index contributed by atoms with van der Waals surface area (Å²) in [6.45, 7) is 2.17. The molecular weight excluding hydrogens is 713 g/mol. The highest BCUT2D eigenvalue weighted by atomic mass is 16.5. The number of benzene rings is 4. The van der Waals surface area contributed by atoms with Crippen LogP contribution in [0.4, 0.5) is 0 Å². The maximum atomic E-state index is 10.3. The van der Waals surface area contributed by atoms with Gasteiger partial charge in [-0.25, -0.2) is 0 Å². The minimum absolute atomic E-state index is 0.228. The molecule has 56 heavy (non-hydrogen) atoms. The van der Waals surface area contributed by atoms with Crippen molar-refractivity contribution in [2.24, 2.45) is 0 Å². The molecule has 4 aromatic carbocycles. The number of fused-ring (bicyclic) bond motifs is 8. The smallest absolute Gasteiger partial charge is 0.126 e. The molecule has 0 N–H and O–H groups in total. The normalized spacial score (nSPS) is 11.7. The molecule has 1 aliphatic rings. The van der Waals surface area contributed by atoms with Gasteiger partial charge < -0.3 is 37.9 Å². The van der Waals surface area contributed by atoms with Crippen LogP contribution in [0.5, 0.6) is 23.0 Å². The Balaban J connectivity index is 1.89. The first kappa shape index (κ1) is 41.1. The maximum Gasteiger partial charge on any atom is 0.126 e. The number of hydrogen-bond acceptors (Lipinski definition) is 12. The summed E-state index contributed by atoms with van der Waals surface area (Å²) in [5.41, 5.74) is 7.15. The SMILES string of the molecule is COCCOc1c2cc(C#N)cc1Cc1cc(C#N)cc(c1OCCOC)Cc1cc(C#N)cc(c1OCCOC)Cc1cc(C#N)cc(c1OCCOC)C2. The summed E-state index contributed by atoms with van der Waals surface area (Å²) in [7, 11) is 6.37. The summed E-state index contributed by atoms with van der Waals surface area (Å²) in [5, 5.41) is 41.2. The molecule has 288 valence electrons.